The molecule has 1 unspecified atom stereocenters. The lowest BCUT2D eigenvalue weighted by molar-refractivity contribution is -0.387. The Morgan fingerprint density at radius 2 is 1.67 bits per heavy atom. The second-order valence-electron chi connectivity index (χ2n) is 6.42. The molecule has 2 aromatic carbocycles. The van der Waals surface area contributed by atoms with Gasteiger partial charge in [0, 0.05) is 11.8 Å². The van der Waals surface area contributed by atoms with Gasteiger partial charge in [0.15, 0.2) is 4.90 Å². The molecule has 1 amide bonds. The molecule has 2 N–H and O–H groups in total. The molecule has 0 aromatic heterocycles. The summed E-state index contributed by atoms with van der Waals surface area (Å²) in [7, 11) is -4.28. The second kappa shape index (κ2) is 8.28. The molecule has 8 nitrogen and oxygen atoms in total. The third kappa shape index (κ3) is 5.11. The van der Waals surface area contributed by atoms with Crippen molar-refractivity contribution in [3.05, 3.63) is 64.2 Å². The molecule has 27 heavy (non-hydrogen) atoms. The number of carbonyl (C=O) groups is 1. The number of aryl methyl sites for hydroxylation is 1. The van der Waals surface area contributed by atoms with Crippen molar-refractivity contribution < 1.29 is 18.1 Å². The normalized spacial score (nSPS) is 12.6. The van der Waals surface area contributed by atoms with Crippen LogP contribution < -0.4 is 10.0 Å². The van der Waals surface area contributed by atoms with Gasteiger partial charge in [-0.25, -0.2) is 8.42 Å². The number of benzene rings is 2. The van der Waals surface area contributed by atoms with Crippen LogP contribution in [-0.4, -0.2) is 25.3 Å². The van der Waals surface area contributed by atoms with Gasteiger partial charge in [-0.3, -0.25) is 14.9 Å². The number of nitro benzene ring substituents is 1. The zero-order valence-electron chi connectivity index (χ0n) is 15.2. The Balaban J connectivity index is 2.28. The molecule has 2 aromatic rings. The number of anilines is 1. The second-order valence-corrected chi connectivity index (χ2v) is 8.11. The van der Waals surface area contributed by atoms with Crippen LogP contribution in [0.2, 0.25) is 0 Å². The Morgan fingerprint density at radius 3 is 2.22 bits per heavy atom. The van der Waals surface area contributed by atoms with E-state index in [1.165, 1.54) is 12.1 Å². The molecule has 0 aliphatic heterocycles. The smallest absolute Gasteiger partial charge is 0.289 e. The average Bonchev–Trinajstić information content (AvgIpc) is 2.61. The number of para-hydroxylation sites is 1. The van der Waals surface area contributed by atoms with Crippen molar-refractivity contribution >= 4 is 27.3 Å². The van der Waals surface area contributed by atoms with E-state index in [0.717, 1.165) is 17.7 Å². The standard InChI is InChI=1S/C18H21N3O5S/c1-12(2)17(18(22)19-14-10-8-13(3)9-11-14)20-27(25,26)16-7-5-4-6-15(16)21(23)24/h4-12,17,20H,1-3H3,(H,19,22). The lowest BCUT2D eigenvalue weighted by Crippen LogP contribution is -2.47. The van der Waals surface area contributed by atoms with Gasteiger partial charge < -0.3 is 5.32 Å². The molecule has 0 spiro atoms. The predicted octanol–water partition coefficient (Wildman–Crippen LogP) is 2.84. The van der Waals surface area contributed by atoms with Gasteiger partial charge >= 0.3 is 0 Å². The lowest BCUT2D eigenvalue weighted by atomic mass is 10.0. The fourth-order valence-corrected chi connectivity index (χ4v) is 3.93. The summed E-state index contributed by atoms with van der Waals surface area (Å²) in [6.07, 6.45) is 0. The summed E-state index contributed by atoms with van der Waals surface area (Å²) < 4.78 is 27.6. The summed E-state index contributed by atoms with van der Waals surface area (Å²) in [5, 5.41) is 13.8. The van der Waals surface area contributed by atoms with Gasteiger partial charge in [-0.15, -0.1) is 0 Å². The highest BCUT2D eigenvalue weighted by molar-refractivity contribution is 7.89. The monoisotopic (exact) mass is 391 g/mol. The number of rotatable bonds is 7. The van der Waals surface area contributed by atoms with Crippen molar-refractivity contribution in [3.8, 4) is 0 Å². The van der Waals surface area contributed by atoms with Crippen molar-refractivity contribution in [2.45, 2.75) is 31.7 Å². The molecule has 2 rings (SSSR count). The third-order valence-corrected chi connectivity index (χ3v) is 5.39. The van der Waals surface area contributed by atoms with E-state index in [-0.39, 0.29) is 5.92 Å². The van der Waals surface area contributed by atoms with Gasteiger partial charge in [0.1, 0.15) is 6.04 Å². The molecule has 0 aliphatic rings. The minimum absolute atomic E-state index is 0.381. The van der Waals surface area contributed by atoms with Crippen LogP contribution in [0.4, 0.5) is 11.4 Å². The van der Waals surface area contributed by atoms with Crippen LogP contribution in [0.15, 0.2) is 53.4 Å². The molecular weight excluding hydrogens is 370 g/mol. The maximum absolute atomic E-state index is 12.7. The van der Waals surface area contributed by atoms with Gasteiger partial charge in [-0.05, 0) is 31.0 Å². The summed E-state index contributed by atoms with van der Waals surface area (Å²) in [5.74, 6) is -0.927. The maximum atomic E-state index is 12.7. The van der Waals surface area contributed by atoms with Gasteiger partial charge in [0.05, 0.1) is 4.92 Å². The average molecular weight is 391 g/mol. The number of hydrogen-bond donors (Lipinski definition) is 2. The number of nitro groups is 1. The van der Waals surface area contributed by atoms with Crippen molar-refractivity contribution in [1.29, 1.82) is 0 Å². The first-order valence-corrected chi connectivity index (χ1v) is 9.73. The Kier molecular flexibility index (Phi) is 6.29. The lowest BCUT2D eigenvalue weighted by Gasteiger charge is -2.21. The van der Waals surface area contributed by atoms with E-state index >= 15 is 0 Å². The highest BCUT2D eigenvalue weighted by atomic mass is 32.2. The number of hydrogen-bond acceptors (Lipinski definition) is 5. The third-order valence-electron chi connectivity index (χ3n) is 3.90. The van der Waals surface area contributed by atoms with E-state index in [1.54, 1.807) is 26.0 Å². The van der Waals surface area contributed by atoms with Crippen LogP contribution in [0.25, 0.3) is 0 Å². The quantitative estimate of drug-likeness (QED) is 0.556. The summed E-state index contributed by atoms with van der Waals surface area (Å²) in [6, 6.07) is 11.0. The van der Waals surface area contributed by atoms with Gasteiger partial charge in [-0.1, -0.05) is 43.7 Å². The molecule has 0 saturated heterocycles. The fourth-order valence-electron chi connectivity index (χ4n) is 2.42. The van der Waals surface area contributed by atoms with Gasteiger partial charge in [0.25, 0.3) is 5.69 Å². The van der Waals surface area contributed by atoms with E-state index in [1.807, 2.05) is 19.1 Å². The molecule has 1 atom stereocenters. The first-order chi connectivity index (χ1) is 12.6. The fraction of sp³-hybridized carbons (Fsp3) is 0.278. The van der Waals surface area contributed by atoms with Crippen LogP contribution in [0, 0.1) is 23.0 Å². The van der Waals surface area contributed by atoms with E-state index < -0.39 is 37.5 Å². The van der Waals surface area contributed by atoms with Crippen LogP contribution in [-0.2, 0) is 14.8 Å². The SMILES string of the molecule is Cc1ccc(NC(=O)C(NS(=O)(=O)c2ccccc2[N+](=O)[O-])C(C)C)cc1. The topological polar surface area (TPSA) is 118 Å². The Morgan fingerprint density at radius 1 is 1.07 bits per heavy atom. The van der Waals surface area contributed by atoms with Gasteiger partial charge in [-0.2, -0.15) is 4.72 Å². The number of nitrogens with zero attached hydrogens (tertiary/aromatic N) is 1. The Labute approximate surface area is 157 Å². The molecule has 144 valence electrons. The number of sulfonamides is 1. The highest BCUT2D eigenvalue weighted by Crippen LogP contribution is 2.23. The molecule has 0 fully saturated rings. The summed E-state index contributed by atoms with van der Waals surface area (Å²) in [6.45, 7) is 5.27. The zero-order valence-corrected chi connectivity index (χ0v) is 16.0. The maximum Gasteiger partial charge on any atom is 0.289 e. The molecule has 0 heterocycles. The van der Waals surface area contributed by atoms with Crippen molar-refractivity contribution in [2.75, 3.05) is 5.32 Å². The Bertz CT molecular complexity index is 940. The summed E-state index contributed by atoms with van der Waals surface area (Å²) >= 11 is 0. The number of amides is 1. The zero-order chi connectivity index (χ0) is 20.2. The van der Waals surface area contributed by atoms with Crippen LogP contribution in [0.5, 0.6) is 0 Å². The first kappa shape index (κ1) is 20.5. The molecule has 0 radical (unpaired) electrons. The van der Waals surface area contributed by atoms with Crippen molar-refractivity contribution in [2.24, 2.45) is 5.92 Å². The Hall–Kier alpha value is -2.78. The molecule has 9 heteroatoms. The van der Waals surface area contributed by atoms with E-state index in [4.69, 9.17) is 0 Å². The number of carbonyl (C=O) groups excluding carboxylic acids is 1. The molecular formula is C18H21N3O5S. The number of nitrogens with one attached hydrogen (secondary N) is 2. The first-order valence-electron chi connectivity index (χ1n) is 8.25. The van der Waals surface area contributed by atoms with Crippen molar-refractivity contribution in [1.82, 2.24) is 4.72 Å². The summed E-state index contributed by atoms with van der Waals surface area (Å²) in [5.41, 5.74) is 0.998. The largest absolute Gasteiger partial charge is 0.325 e. The van der Waals surface area contributed by atoms with Crippen molar-refractivity contribution in [3.63, 3.8) is 0 Å². The van der Waals surface area contributed by atoms with Crippen LogP contribution in [0.3, 0.4) is 0 Å². The summed E-state index contributed by atoms with van der Waals surface area (Å²) in [4.78, 5) is 22.5. The van der Waals surface area contributed by atoms with Crippen LogP contribution >= 0.6 is 0 Å². The molecule has 0 aliphatic carbocycles. The minimum Gasteiger partial charge on any atom is -0.325 e. The van der Waals surface area contributed by atoms with Crippen LogP contribution in [0.1, 0.15) is 19.4 Å². The molecule has 0 bridgehead atoms. The van der Waals surface area contributed by atoms with E-state index in [2.05, 4.69) is 10.0 Å². The molecule has 0 saturated carbocycles. The van der Waals surface area contributed by atoms with E-state index in [0.29, 0.717) is 5.69 Å². The highest BCUT2D eigenvalue weighted by Gasteiger charge is 2.32. The van der Waals surface area contributed by atoms with Gasteiger partial charge in [0.2, 0.25) is 15.9 Å². The minimum atomic E-state index is -4.28. The predicted molar refractivity (Wildman–Crippen MR) is 102 cm³/mol. The van der Waals surface area contributed by atoms with E-state index in [9.17, 15) is 23.3 Å².